The van der Waals surface area contributed by atoms with Crippen LogP contribution in [0.1, 0.15) is 29.8 Å². The van der Waals surface area contributed by atoms with Gasteiger partial charge in [-0.15, -0.1) is 11.3 Å². The molecule has 2 aromatic carbocycles. The molecule has 6 nitrogen and oxygen atoms in total. The standard InChI is InChI=1S/C22H23N3O3S/c1-14-21(17-9-11-18(28-3)12-10-17)25-22(29-14)24-20(27)13-19(23-15(2)26)16-7-5-4-6-8-16/h4-12,19H,13H2,1-3H3,(H,23,26)(H,24,25,27)/t19-/m1/s1. The SMILES string of the molecule is COc1ccc(-c2nc(NC(=O)C[C@@H](NC(C)=O)c3ccccc3)sc2C)cc1. The minimum Gasteiger partial charge on any atom is -0.497 e. The molecule has 1 heterocycles. The molecule has 0 aliphatic carbocycles. The fourth-order valence-electron chi connectivity index (χ4n) is 3.01. The summed E-state index contributed by atoms with van der Waals surface area (Å²) in [6, 6.07) is 16.7. The molecule has 0 unspecified atom stereocenters. The number of hydrogen-bond donors (Lipinski definition) is 2. The van der Waals surface area contributed by atoms with E-state index in [1.54, 1.807) is 7.11 Å². The Morgan fingerprint density at radius 2 is 1.79 bits per heavy atom. The zero-order valence-electron chi connectivity index (χ0n) is 16.6. The van der Waals surface area contributed by atoms with Gasteiger partial charge in [0.15, 0.2) is 5.13 Å². The lowest BCUT2D eigenvalue weighted by molar-refractivity contribution is -0.120. The minimum atomic E-state index is -0.393. The number of aryl methyl sites for hydroxylation is 1. The van der Waals surface area contributed by atoms with Crippen LogP contribution in [0, 0.1) is 6.92 Å². The third kappa shape index (κ3) is 5.42. The number of nitrogens with one attached hydrogen (secondary N) is 2. The Hall–Kier alpha value is -3.19. The number of hydrogen-bond acceptors (Lipinski definition) is 5. The molecule has 3 rings (SSSR count). The maximum absolute atomic E-state index is 12.6. The van der Waals surface area contributed by atoms with E-state index in [0.29, 0.717) is 5.13 Å². The van der Waals surface area contributed by atoms with Crippen molar-refractivity contribution in [3.8, 4) is 17.0 Å². The van der Waals surface area contributed by atoms with Crippen LogP contribution in [0.5, 0.6) is 5.75 Å². The van der Waals surface area contributed by atoms with E-state index < -0.39 is 6.04 Å². The van der Waals surface area contributed by atoms with Crippen LogP contribution in [0.15, 0.2) is 54.6 Å². The van der Waals surface area contributed by atoms with E-state index in [2.05, 4.69) is 15.6 Å². The van der Waals surface area contributed by atoms with E-state index in [1.165, 1.54) is 18.3 Å². The molecule has 0 aliphatic rings. The lowest BCUT2D eigenvalue weighted by atomic mass is 10.0. The van der Waals surface area contributed by atoms with Gasteiger partial charge in [-0.2, -0.15) is 0 Å². The van der Waals surface area contributed by atoms with E-state index in [1.807, 2.05) is 61.5 Å². The third-order valence-corrected chi connectivity index (χ3v) is 5.26. The van der Waals surface area contributed by atoms with Crippen molar-refractivity contribution in [3.05, 3.63) is 65.0 Å². The second-order valence-electron chi connectivity index (χ2n) is 6.57. The average molecular weight is 410 g/mol. The van der Waals surface area contributed by atoms with Gasteiger partial charge in [-0.05, 0) is 36.8 Å². The molecule has 0 radical (unpaired) electrons. The van der Waals surface area contributed by atoms with E-state index in [9.17, 15) is 9.59 Å². The molecule has 2 amide bonds. The number of anilines is 1. The predicted octanol–water partition coefficient (Wildman–Crippen LogP) is 4.33. The first-order valence-electron chi connectivity index (χ1n) is 9.20. The van der Waals surface area contributed by atoms with Gasteiger partial charge in [0.1, 0.15) is 5.75 Å². The van der Waals surface area contributed by atoms with Crippen molar-refractivity contribution >= 4 is 28.3 Å². The Morgan fingerprint density at radius 3 is 2.41 bits per heavy atom. The normalized spacial score (nSPS) is 11.6. The smallest absolute Gasteiger partial charge is 0.228 e. The van der Waals surface area contributed by atoms with E-state index in [0.717, 1.165) is 27.4 Å². The Balaban J connectivity index is 1.72. The first kappa shape index (κ1) is 20.5. The van der Waals surface area contributed by atoms with Crippen molar-refractivity contribution < 1.29 is 14.3 Å². The Labute approximate surface area is 173 Å². The third-order valence-electron chi connectivity index (χ3n) is 4.38. The highest BCUT2D eigenvalue weighted by molar-refractivity contribution is 7.16. The molecule has 150 valence electrons. The summed E-state index contributed by atoms with van der Waals surface area (Å²) in [4.78, 5) is 29.7. The van der Waals surface area contributed by atoms with Crippen LogP contribution in [0.25, 0.3) is 11.3 Å². The summed E-state index contributed by atoms with van der Waals surface area (Å²) in [7, 11) is 1.63. The molecule has 0 bridgehead atoms. The summed E-state index contributed by atoms with van der Waals surface area (Å²) in [5, 5.41) is 6.23. The summed E-state index contributed by atoms with van der Waals surface area (Å²) in [6.45, 7) is 3.41. The highest BCUT2D eigenvalue weighted by Gasteiger charge is 2.19. The second kappa shape index (κ2) is 9.34. The van der Waals surface area contributed by atoms with Gasteiger partial charge in [-0.3, -0.25) is 9.59 Å². The van der Waals surface area contributed by atoms with Gasteiger partial charge in [0.05, 0.1) is 25.3 Å². The minimum absolute atomic E-state index is 0.125. The topological polar surface area (TPSA) is 80.3 Å². The largest absolute Gasteiger partial charge is 0.497 e. The van der Waals surface area contributed by atoms with Crippen molar-refractivity contribution in [2.24, 2.45) is 0 Å². The quantitative estimate of drug-likeness (QED) is 0.609. The lowest BCUT2D eigenvalue weighted by Crippen LogP contribution is -2.29. The maximum Gasteiger partial charge on any atom is 0.228 e. The zero-order valence-corrected chi connectivity index (χ0v) is 17.4. The highest BCUT2D eigenvalue weighted by Crippen LogP contribution is 2.31. The van der Waals surface area contributed by atoms with Gasteiger partial charge >= 0.3 is 0 Å². The second-order valence-corrected chi connectivity index (χ2v) is 7.77. The maximum atomic E-state index is 12.6. The van der Waals surface area contributed by atoms with Gasteiger partial charge in [-0.25, -0.2) is 4.98 Å². The number of aromatic nitrogens is 1. The number of carbonyl (C=O) groups excluding carboxylic acids is 2. The molecule has 1 aromatic heterocycles. The number of ether oxygens (including phenoxy) is 1. The van der Waals surface area contributed by atoms with Gasteiger partial charge in [0.25, 0.3) is 0 Å². The fourth-order valence-corrected chi connectivity index (χ4v) is 3.86. The van der Waals surface area contributed by atoms with Crippen molar-refractivity contribution in [3.63, 3.8) is 0 Å². The average Bonchev–Trinajstić information content (AvgIpc) is 3.07. The number of amides is 2. The highest BCUT2D eigenvalue weighted by atomic mass is 32.1. The van der Waals surface area contributed by atoms with E-state index in [4.69, 9.17) is 4.74 Å². The molecule has 0 aliphatic heterocycles. The van der Waals surface area contributed by atoms with Crippen LogP contribution < -0.4 is 15.4 Å². The molecule has 0 saturated heterocycles. The summed E-state index contributed by atoms with van der Waals surface area (Å²) < 4.78 is 5.19. The van der Waals surface area contributed by atoms with Crippen LogP contribution in [-0.4, -0.2) is 23.9 Å². The summed E-state index contributed by atoms with van der Waals surface area (Å²) in [5.74, 6) is 0.390. The van der Waals surface area contributed by atoms with Gasteiger partial charge in [-0.1, -0.05) is 30.3 Å². The van der Waals surface area contributed by atoms with Crippen molar-refractivity contribution in [1.29, 1.82) is 0 Å². The number of benzene rings is 2. The molecular formula is C22H23N3O3S. The molecule has 0 saturated carbocycles. The van der Waals surface area contributed by atoms with Crippen molar-refractivity contribution in [1.82, 2.24) is 10.3 Å². The molecule has 1 atom stereocenters. The first-order chi connectivity index (χ1) is 14.0. The van der Waals surface area contributed by atoms with Crippen LogP contribution >= 0.6 is 11.3 Å². The van der Waals surface area contributed by atoms with E-state index in [-0.39, 0.29) is 18.2 Å². The molecule has 2 N–H and O–H groups in total. The number of thiazole rings is 1. The van der Waals surface area contributed by atoms with Gasteiger partial charge in [0.2, 0.25) is 11.8 Å². The molecule has 29 heavy (non-hydrogen) atoms. The van der Waals surface area contributed by atoms with Crippen LogP contribution in [-0.2, 0) is 9.59 Å². The molecular weight excluding hydrogens is 386 g/mol. The first-order valence-corrected chi connectivity index (χ1v) is 10.0. The van der Waals surface area contributed by atoms with Crippen molar-refractivity contribution in [2.75, 3.05) is 12.4 Å². The number of carbonyl (C=O) groups is 2. The number of methoxy groups -OCH3 is 1. The monoisotopic (exact) mass is 409 g/mol. The zero-order chi connectivity index (χ0) is 20.8. The predicted molar refractivity (Wildman–Crippen MR) is 115 cm³/mol. The summed E-state index contributed by atoms with van der Waals surface area (Å²) in [6.07, 6.45) is 0.125. The molecule has 7 heteroatoms. The van der Waals surface area contributed by atoms with Gasteiger partial charge < -0.3 is 15.4 Å². The molecule has 3 aromatic rings. The Kier molecular flexibility index (Phi) is 6.61. The summed E-state index contributed by atoms with van der Waals surface area (Å²) >= 11 is 1.42. The molecule has 0 spiro atoms. The Morgan fingerprint density at radius 1 is 1.10 bits per heavy atom. The summed E-state index contributed by atoms with van der Waals surface area (Å²) in [5.41, 5.74) is 2.67. The van der Waals surface area contributed by atoms with E-state index >= 15 is 0 Å². The lowest BCUT2D eigenvalue weighted by Gasteiger charge is -2.17. The Bertz CT molecular complexity index is 984. The van der Waals surface area contributed by atoms with Crippen LogP contribution in [0.4, 0.5) is 5.13 Å². The molecule has 0 fully saturated rings. The number of rotatable bonds is 7. The van der Waals surface area contributed by atoms with Gasteiger partial charge in [0, 0.05) is 17.4 Å². The van der Waals surface area contributed by atoms with Crippen molar-refractivity contribution in [2.45, 2.75) is 26.3 Å². The van der Waals surface area contributed by atoms with Crippen LogP contribution in [0.3, 0.4) is 0 Å². The van der Waals surface area contributed by atoms with Crippen LogP contribution in [0.2, 0.25) is 0 Å². The fraction of sp³-hybridized carbons (Fsp3) is 0.227. The number of nitrogens with zero attached hydrogens (tertiary/aromatic N) is 1.